The van der Waals surface area contributed by atoms with E-state index in [2.05, 4.69) is 10.4 Å². The molecule has 3 N–H and O–H groups in total. The molecule has 1 aromatic carbocycles. The predicted octanol–water partition coefficient (Wildman–Crippen LogP) is 1.27. The van der Waals surface area contributed by atoms with Crippen molar-refractivity contribution in [2.75, 3.05) is 19.5 Å². The highest BCUT2D eigenvalue weighted by Crippen LogP contribution is 2.23. The number of hydrogen-bond donors (Lipinski definition) is 2. The average molecular weight is 318 g/mol. The number of hydrogen-bond acceptors (Lipinski definition) is 5. The van der Waals surface area contributed by atoms with Gasteiger partial charge >= 0.3 is 0 Å². The molecule has 0 atom stereocenters. The quantitative estimate of drug-likeness (QED) is 0.834. The Labute approximate surface area is 133 Å². The zero-order chi connectivity index (χ0) is 17.0. The van der Waals surface area contributed by atoms with Crippen LogP contribution in [0.3, 0.4) is 0 Å². The normalized spacial score (nSPS) is 10.2. The number of carbonyl (C=O) groups is 2. The van der Waals surface area contributed by atoms with Crippen molar-refractivity contribution in [3.05, 3.63) is 35.7 Å². The van der Waals surface area contributed by atoms with E-state index >= 15 is 0 Å². The summed E-state index contributed by atoms with van der Waals surface area (Å²) in [6, 6.07) is 4.78. The van der Waals surface area contributed by atoms with Crippen molar-refractivity contribution in [3.8, 4) is 11.5 Å². The van der Waals surface area contributed by atoms with E-state index in [1.165, 1.54) is 18.9 Å². The van der Waals surface area contributed by atoms with E-state index in [0.29, 0.717) is 23.6 Å². The Morgan fingerprint density at radius 1 is 1.22 bits per heavy atom. The first-order valence-electron chi connectivity index (χ1n) is 6.90. The Kier molecular flexibility index (Phi) is 4.85. The maximum atomic E-state index is 12.4. The number of anilines is 1. The lowest BCUT2D eigenvalue weighted by atomic mass is 10.2. The highest BCUT2D eigenvalue weighted by molar-refractivity contribution is 6.08. The van der Waals surface area contributed by atoms with Crippen molar-refractivity contribution >= 4 is 17.5 Å². The van der Waals surface area contributed by atoms with Gasteiger partial charge in [-0.1, -0.05) is 0 Å². The third kappa shape index (κ3) is 3.60. The smallest absolute Gasteiger partial charge is 0.271 e. The Morgan fingerprint density at radius 2 is 1.83 bits per heavy atom. The second kappa shape index (κ2) is 6.82. The lowest BCUT2D eigenvalue weighted by molar-refractivity contribution is 0.0995. The summed E-state index contributed by atoms with van der Waals surface area (Å²) in [5, 5.41) is 6.65. The molecular weight excluding hydrogens is 300 g/mol. The molecule has 0 aliphatic rings. The van der Waals surface area contributed by atoms with Crippen molar-refractivity contribution in [2.45, 2.75) is 13.5 Å². The molecular formula is C15H18N4O4. The molecule has 23 heavy (non-hydrogen) atoms. The minimum atomic E-state index is -0.712. The van der Waals surface area contributed by atoms with Gasteiger partial charge < -0.3 is 20.5 Å². The molecule has 0 unspecified atom stereocenters. The van der Waals surface area contributed by atoms with Gasteiger partial charge in [-0.05, 0) is 19.1 Å². The minimum Gasteiger partial charge on any atom is -0.497 e. The Morgan fingerprint density at radius 3 is 2.30 bits per heavy atom. The average Bonchev–Trinajstić information content (AvgIpc) is 2.97. The molecule has 2 amide bonds. The topological polar surface area (TPSA) is 108 Å². The zero-order valence-electron chi connectivity index (χ0n) is 13.1. The van der Waals surface area contributed by atoms with Gasteiger partial charge in [-0.3, -0.25) is 14.3 Å². The van der Waals surface area contributed by atoms with Crippen molar-refractivity contribution in [1.29, 1.82) is 0 Å². The fourth-order valence-electron chi connectivity index (χ4n) is 1.99. The number of nitrogens with one attached hydrogen (secondary N) is 1. The van der Waals surface area contributed by atoms with Crippen LogP contribution in [0.25, 0.3) is 0 Å². The summed E-state index contributed by atoms with van der Waals surface area (Å²) in [7, 11) is 2.99. The van der Waals surface area contributed by atoms with E-state index in [9.17, 15) is 9.59 Å². The number of benzene rings is 1. The van der Waals surface area contributed by atoms with Crippen LogP contribution < -0.4 is 20.5 Å². The third-order valence-electron chi connectivity index (χ3n) is 3.18. The molecule has 0 saturated carbocycles. The molecule has 2 aromatic rings. The van der Waals surface area contributed by atoms with Crippen molar-refractivity contribution < 1.29 is 19.1 Å². The molecule has 1 heterocycles. The fourth-order valence-corrected chi connectivity index (χ4v) is 1.99. The second-order valence-corrected chi connectivity index (χ2v) is 4.67. The number of aryl methyl sites for hydroxylation is 1. The number of aromatic nitrogens is 2. The molecule has 0 aliphatic carbocycles. The number of ether oxygens (including phenoxy) is 2. The summed E-state index contributed by atoms with van der Waals surface area (Å²) >= 11 is 0. The molecule has 0 aliphatic heterocycles. The molecule has 0 bridgehead atoms. The SMILES string of the molecule is CCn1cc(NC(=O)c2cc(OC)cc(OC)c2)c(C(N)=O)n1. The van der Waals surface area contributed by atoms with E-state index in [1.54, 1.807) is 24.4 Å². The highest BCUT2D eigenvalue weighted by atomic mass is 16.5. The van der Waals surface area contributed by atoms with Crippen LogP contribution in [0.2, 0.25) is 0 Å². The first-order valence-corrected chi connectivity index (χ1v) is 6.90. The largest absolute Gasteiger partial charge is 0.497 e. The van der Waals surface area contributed by atoms with Crippen molar-refractivity contribution in [1.82, 2.24) is 9.78 Å². The fraction of sp³-hybridized carbons (Fsp3) is 0.267. The van der Waals surface area contributed by atoms with Gasteiger partial charge in [0.2, 0.25) is 0 Å². The monoisotopic (exact) mass is 318 g/mol. The van der Waals surface area contributed by atoms with Crippen LogP contribution >= 0.6 is 0 Å². The van der Waals surface area contributed by atoms with Crippen LogP contribution in [0, 0.1) is 0 Å². The molecule has 0 fully saturated rings. The van der Waals surface area contributed by atoms with Crippen molar-refractivity contribution in [3.63, 3.8) is 0 Å². The minimum absolute atomic E-state index is 0.00932. The Balaban J connectivity index is 2.32. The van der Waals surface area contributed by atoms with Gasteiger partial charge in [0, 0.05) is 24.4 Å². The van der Waals surface area contributed by atoms with Crippen molar-refractivity contribution in [2.24, 2.45) is 5.73 Å². The summed E-state index contributed by atoms with van der Waals surface area (Å²) in [5.74, 6) is -0.182. The summed E-state index contributed by atoms with van der Waals surface area (Å²) in [4.78, 5) is 23.8. The van der Waals surface area contributed by atoms with Crippen LogP contribution in [-0.4, -0.2) is 35.8 Å². The van der Waals surface area contributed by atoms with Crippen LogP contribution in [-0.2, 0) is 6.54 Å². The molecule has 8 nitrogen and oxygen atoms in total. The molecule has 0 saturated heterocycles. The summed E-state index contributed by atoms with van der Waals surface area (Å²) in [5.41, 5.74) is 5.87. The number of carbonyl (C=O) groups excluding carboxylic acids is 2. The summed E-state index contributed by atoms with van der Waals surface area (Å²) < 4.78 is 11.8. The molecule has 8 heteroatoms. The molecule has 122 valence electrons. The van der Waals surface area contributed by atoms with Crippen LogP contribution in [0.1, 0.15) is 27.8 Å². The highest BCUT2D eigenvalue weighted by Gasteiger charge is 2.17. The van der Waals surface area contributed by atoms with Gasteiger partial charge in [-0.2, -0.15) is 5.10 Å². The number of nitrogens with zero attached hydrogens (tertiary/aromatic N) is 2. The Bertz CT molecular complexity index is 717. The van der Waals surface area contributed by atoms with Gasteiger partial charge in [0.1, 0.15) is 11.5 Å². The lowest BCUT2D eigenvalue weighted by Crippen LogP contribution is -2.18. The number of rotatable bonds is 6. The lowest BCUT2D eigenvalue weighted by Gasteiger charge is -2.08. The van der Waals surface area contributed by atoms with E-state index in [0.717, 1.165) is 0 Å². The first kappa shape index (κ1) is 16.3. The van der Waals surface area contributed by atoms with E-state index in [1.807, 2.05) is 6.92 Å². The zero-order valence-corrected chi connectivity index (χ0v) is 13.1. The van der Waals surface area contributed by atoms with E-state index in [-0.39, 0.29) is 11.4 Å². The second-order valence-electron chi connectivity index (χ2n) is 4.67. The van der Waals surface area contributed by atoms with Gasteiger partial charge in [-0.25, -0.2) is 0 Å². The van der Waals surface area contributed by atoms with Gasteiger partial charge in [-0.15, -0.1) is 0 Å². The Hall–Kier alpha value is -3.03. The third-order valence-corrected chi connectivity index (χ3v) is 3.18. The van der Waals surface area contributed by atoms with E-state index in [4.69, 9.17) is 15.2 Å². The maximum absolute atomic E-state index is 12.4. The van der Waals surface area contributed by atoms with E-state index < -0.39 is 11.8 Å². The van der Waals surface area contributed by atoms with Crippen LogP contribution in [0.5, 0.6) is 11.5 Å². The molecule has 0 spiro atoms. The molecule has 0 radical (unpaired) electrons. The molecule has 2 rings (SSSR count). The summed E-state index contributed by atoms with van der Waals surface area (Å²) in [6.45, 7) is 2.40. The summed E-state index contributed by atoms with van der Waals surface area (Å²) in [6.07, 6.45) is 1.55. The predicted molar refractivity (Wildman–Crippen MR) is 83.9 cm³/mol. The number of amides is 2. The molecule has 1 aromatic heterocycles. The van der Waals surface area contributed by atoms with Gasteiger partial charge in [0.05, 0.1) is 19.9 Å². The number of nitrogens with two attached hydrogens (primary N) is 1. The van der Waals surface area contributed by atoms with Crippen LogP contribution in [0.4, 0.5) is 5.69 Å². The maximum Gasteiger partial charge on any atom is 0.271 e. The number of methoxy groups -OCH3 is 2. The first-order chi connectivity index (χ1) is 11.0. The van der Waals surface area contributed by atoms with Crippen LogP contribution in [0.15, 0.2) is 24.4 Å². The van der Waals surface area contributed by atoms with Gasteiger partial charge in [0.25, 0.3) is 11.8 Å². The number of primary amides is 1. The standard InChI is InChI=1S/C15H18N4O4/c1-4-19-8-12(13(18-19)14(16)20)17-15(21)9-5-10(22-2)7-11(6-9)23-3/h5-8H,4H2,1-3H3,(H2,16,20)(H,17,21). The van der Waals surface area contributed by atoms with Gasteiger partial charge in [0.15, 0.2) is 5.69 Å².